The third-order valence-corrected chi connectivity index (χ3v) is 10.0. The number of nitrogens with zero attached hydrogens (tertiary/aromatic N) is 6. The highest BCUT2D eigenvalue weighted by Crippen LogP contribution is 2.42. The summed E-state index contributed by atoms with van der Waals surface area (Å²) < 4.78 is 23.3. The van der Waals surface area contributed by atoms with E-state index in [9.17, 15) is 4.21 Å². The SMILES string of the molecule is CCc1cc2c(cnn2COCCSI)cc1C1(Cc2ccccc2)CCN(S(=O)c2cnn(C)n2)C1. The van der Waals surface area contributed by atoms with Crippen molar-refractivity contribution < 1.29 is 8.95 Å². The number of hydrogen-bond acceptors (Lipinski definition) is 6. The first kappa shape index (κ1) is 26.8. The Morgan fingerprint density at radius 1 is 1.19 bits per heavy atom. The van der Waals surface area contributed by atoms with Crippen molar-refractivity contribution in [2.45, 2.75) is 43.4 Å². The van der Waals surface area contributed by atoms with Crippen LogP contribution in [0.2, 0.25) is 0 Å². The van der Waals surface area contributed by atoms with Gasteiger partial charge in [0.15, 0.2) is 5.03 Å². The van der Waals surface area contributed by atoms with Crippen LogP contribution in [-0.4, -0.2) is 58.7 Å². The number of aryl methyl sites for hydroxylation is 2. The molecule has 1 fully saturated rings. The first-order chi connectivity index (χ1) is 18.0. The lowest BCUT2D eigenvalue weighted by Crippen LogP contribution is -2.35. The van der Waals surface area contributed by atoms with Crippen molar-refractivity contribution >= 4 is 52.0 Å². The minimum atomic E-state index is -1.35. The summed E-state index contributed by atoms with van der Waals surface area (Å²) in [5.74, 6) is 0.957. The van der Waals surface area contributed by atoms with Gasteiger partial charge in [0.05, 0.1) is 24.5 Å². The summed E-state index contributed by atoms with van der Waals surface area (Å²) >= 11 is 2.29. The molecule has 11 heteroatoms. The molecule has 5 rings (SSSR count). The molecule has 2 aromatic heterocycles. The van der Waals surface area contributed by atoms with Gasteiger partial charge in [-0.25, -0.2) is 13.2 Å². The van der Waals surface area contributed by atoms with E-state index in [1.54, 1.807) is 22.2 Å². The van der Waals surface area contributed by atoms with Crippen molar-refractivity contribution in [3.05, 3.63) is 71.5 Å². The van der Waals surface area contributed by atoms with Crippen LogP contribution in [0.3, 0.4) is 0 Å². The van der Waals surface area contributed by atoms with E-state index in [1.165, 1.54) is 21.5 Å². The lowest BCUT2D eigenvalue weighted by molar-refractivity contribution is 0.0844. The van der Waals surface area contributed by atoms with Gasteiger partial charge in [0, 0.05) is 36.7 Å². The predicted octanol–water partition coefficient (Wildman–Crippen LogP) is 4.69. The van der Waals surface area contributed by atoms with Crippen LogP contribution in [0, 0.1) is 0 Å². The Labute approximate surface area is 236 Å². The zero-order valence-electron chi connectivity index (χ0n) is 21.0. The van der Waals surface area contributed by atoms with E-state index < -0.39 is 11.0 Å². The van der Waals surface area contributed by atoms with Gasteiger partial charge in [-0.05, 0) is 69.3 Å². The Balaban J connectivity index is 1.51. The van der Waals surface area contributed by atoms with Crippen molar-refractivity contribution in [1.29, 1.82) is 0 Å². The average molecular weight is 651 g/mol. The monoisotopic (exact) mass is 650 g/mol. The molecule has 0 radical (unpaired) electrons. The van der Waals surface area contributed by atoms with Gasteiger partial charge in [-0.15, -0.1) is 5.10 Å². The number of halogens is 1. The molecule has 4 aromatic rings. The van der Waals surface area contributed by atoms with Crippen molar-refractivity contribution in [1.82, 2.24) is 29.1 Å². The molecule has 0 amide bonds. The summed E-state index contributed by atoms with van der Waals surface area (Å²) in [5.41, 5.74) is 4.84. The number of ether oxygens (including phenoxy) is 1. The van der Waals surface area contributed by atoms with Gasteiger partial charge < -0.3 is 4.74 Å². The predicted molar refractivity (Wildman–Crippen MR) is 157 cm³/mol. The second kappa shape index (κ2) is 11.9. The minimum Gasteiger partial charge on any atom is -0.358 e. The van der Waals surface area contributed by atoms with E-state index in [1.807, 2.05) is 10.9 Å². The van der Waals surface area contributed by atoms with Gasteiger partial charge in [-0.2, -0.15) is 15.0 Å². The van der Waals surface area contributed by atoms with Crippen molar-refractivity contribution in [3.8, 4) is 0 Å². The highest BCUT2D eigenvalue weighted by molar-refractivity contribution is 14.2. The minimum absolute atomic E-state index is 0.172. The highest BCUT2D eigenvalue weighted by atomic mass is 127. The summed E-state index contributed by atoms with van der Waals surface area (Å²) in [6.45, 7) is 4.78. The topological polar surface area (TPSA) is 78.1 Å². The number of aromatic nitrogens is 5. The molecule has 2 atom stereocenters. The van der Waals surface area contributed by atoms with Crippen LogP contribution in [0.25, 0.3) is 10.9 Å². The van der Waals surface area contributed by atoms with Crippen molar-refractivity contribution in [3.63, 3.8) is 0 Å². The third kappa shape index (κ3) is 5.80. The fourth-order valence-electron chi connectivity index (χ4n) is 5.26. The first-order valence-corrected chi connectivity index (χ1v) is 17.0. The molecule has 0 N–H and O–H groups in total. The molecule has 1 aliphatic heterocycles. The summed E-state index contributed by atoms with van der Waals surface area (Å²) in [4.78, 5) is 1.46. The van der Waals surface area contributed by atoms with Gasteiger partial charge in [0.25, 0.3) is 0 Å². The second-order valence-corrected chi connectivity index (χ2v) is 13.3. The summed E-state index contributed by atoms with van der Waals surface area (Å²) in [6.07, 6.45) is 6.25. The van der Waals surface area contributed by atoms with E-state index in [-0.39, 0.29) is 5.41 Å². The zero-order valence-corrected chi connectivity index (χ0v) is 24.8. The van der Waals surface area contributed by atoms with E-state index in [2.05, 4.69) is 90.2 Å². The Bertz CT molecular complexity index is 1380. The third-order valence-electron chi connectivity index (χ3n) is 7.03. The maximum atomic E-state index is 13.4. The highest BCUT2D eigenvalue weighted by Gasteiger charge is 2.43. The molecule has 0 saturated carbocycles. The maximum absolute atomic E-state index is 13.4. The summed E-state index contributed by atoms with van der Waals surface area (Å²) in [5, 5.41) is 14.7. The molecule has 37 heavy (non-hydrogen) atoms. The number of rotatable bonds is 11. The molecular weight excluding hydrogens is 619 g/mol. The van der Waals surface area contributed by atoms with Crippen LogP contribution in [0.1, 0.15) is 30.0 Å². The van der Waals surface area contributed by atoms with Gasteiger partial charge in [0.1, 0.15) is 17.7 Å². The van der Waals surface area contributed by atoms with E-state index in [4.69, 9.17) is 4.74 Å². The van der Waals surface area contributed by atoms with Crippen molar-refractivity contribution in [2.75, 3.05) is 25.4 Å². The van der Waals surface area contributed by atoms with Crippen molar-refractivity contribution in [2.24, 2.45) is 7.05 Å². The summed E-state index contributed by atoms with van der Waals surface area (Å²) in [7, 11) is 2.15. The molecule has 2 unspecified atom stereocenters. The smallest absolute Gasteiger partial charge is 0.185 e. The first-order valence-electron chi connectivity index (χ1n) is 12.4. The fourth-order valence-corrected chi connectivity index (χ4v) is 7.19. The Morgan fingerprint density at radius 2 is 2.03 bits per heavy atom. The van der Waals surface area contributed by atoms with Gasteiger partial charge >= 0.3 is 0 Å². The van der Waals surface area contributed by atoms with Gasteiger partial charge in [-0.1, -0.05) is 46.2 Å². The second-order valence-electron chi connectivity index (χ2n) is 9.39. The van der Waals surface area contributed by atoms with Crippen LogP contribution in [-0.2, 0) is 47.8 Å². The molecule has 0 bridgehead atoms. The fraction of sp³-hybridized carbons (Fsp3) is 0.423. The number of benzene rings is 2. The van der Waals surface area contributed by atoms with Crippen LogP contribution in [0.5, 0.6) is 0 Å². The quantitative estimate of drug-likeness (QED) is 0.173. The lowest BCUT2D eigenvalue weighted by Gasteiger charge is -2.32. The van der Waals surface area contributed by atoms with E-state index in [0.29, 0.717) is 24.9 Å². The maximum Gasteiger partial charge on any atom is 0.185 e. The van der Waals surface area contributed by atoms with Crippen LogP contribution < -0.4 is 0 Å². The van der Waals surface area contributed by atoms with E-state index in [0.717, 1.165) is 42.5 Å². The normalized spacial score (nSPS) is 19.1. The zero-order chi connectivity index (χ0) is 25.8. The largest absolute Gasteiger partial charge is 0.358 e. The molecular formula is C26H31IN6O2S2. The lowest BCUT2D eigenvalue weighted by atomic mass is 9.72. The Hall–Kier alpha value is -1.80. The number of hydrogen-bond donors (Lipinski definition) is 0. The van der Waals surface area contributed by atoms with Crippen LogP contribution >= 0.6 is 30.1 Å². The molecule has 1 aliphatic rings. The Kier molecular flexibility index (Phi) is 8.64. The molecule has 3 heterocycles. The molecule has 0 aliphatic carbocycles. The number of fused-ring (bicyclic) bond motifs is 1. The molecule has 196 valence electrons. The molecule has 8 nitrogen and oxygen atoms in total. The Morgan fingerprint density at radius 3 is 2.76 bits per heavy atom. The molecule has 0 spiro atoms. The van der Waals surface area contributed by atoms with Crippen LogP contribution in [0.15, 0.2) is 59.9 Å². The van der Waals surface area contributed by atoms with Crippen LogP contribution in [0.4, 0.5) is 0 Å². The summed E-state index contributed by atoms with van der Waals surface area (Å²) in [6, 6.07) is 15.2. The molecule has 1 saturated heterocycles. The van der Waals surface area contributed by atoms with Gasteiger partial charge in [0.2, 0.25) is 0 Å². The molecule has 2 aromatic carbocycles. The van der Waals surface area contributed by atoms with Gasteiger partial charge in [-0.3, -0.25) is 0 Å². The van der Waals surface area contributed by atoms with E-state index >= 15 is 0 Å². The average Bonchev–Trinajstić information content (AvgIpc) is 3.65. The standard InChI is InChI=1S/C26H31IN6O2S2/c1-3-21-14-24-22(16-29-33(24)19-35-11-12-36-27)13-23(21)26(15-20-7-5-4-6-8-20)9-10-32(18-26)37(34)25-17-28-31(2)30-25/h4-8,13-14,16-17H,3,9-12,15,18-19H2,1-2H3.